The van der Waals surface area contributed by atoms with Gasteiger partial charge in [0.25, 0.3) is 0 Å². The van der Waals surface area contributed by atoms with E-state index < -0.39 is 0 Å². The summed E-state index contributed by atoms with van der Waals surface area (Å²) in [4.78, 5) is 0. The van der Waals surface area contributed by atoms with E-state index in [4.69, 9.17) is 0 Å². The molecule has 1 aromatic carbocycles. The number of rotatable bonds is 3. The monoisotopic (exact) mass is 257 g/mol. The lowest BCUT2D eigenvalue weighted by molar-refractivity contribution is 0.585. The van der Waals surface area contributed by atoms with Gasteiger partial charge in [0, 0.05) is 13.2 Å². The zero-order chi connectivity index (χ0) is 14.0. The van der Waals surface area contributed by atoms with Crippen LogP contribution in [0.1, 0.15) is 43.2 Å². The quantitative estimate of drug-likeness (QED) is 0.845. The zero-order valence-electron chi connectivity index (χ0n) is 12.6. The van der Waals surface area contributed by atoms with E-state index in [-0.39, 0.29) is 5.41 Å². The molecule has 0 radical (unpaired) electrons. The van der Waals surface area contributed by atoms with E-state index in [1.54, 1.807) is 4.68 Å². The van der Waals surface area contributed by atoms with Gasteiger partial charge in [0.2, 0.25) is 0 Å². The van der Waals surface area contributed by atoms with Crippen molar-refractivity contribution in [2.75, 3.05) is 0 Å². The second kappa shape index (κ2) is 5.16. The van der Waals surface area contributed by atoms with Crippen LogP contribution in [-0.2, 0) is 25.3 Å². The molecule has 3 nitrogen and oxygen atoms in total. The van der Waals surface area contributed by atoms with Crippen molar-refractivity contribution in [2.24, 2.45) is 7.05 Å². The molecule has 2 aromatic rings. The minimum absolute atomic E-state index is 0.201. The number of hydrogen-bond acceptors (Lipinski definition) is 2. The molecule has 0 aliphatic rings. The first-order valence-electron chi connectivity index (χ1n) is 6.81. The summed E-state index contributed by atoms with van der Waals surface area (Å²) in [6, 6.07) is 6.79. The van der Waals surface area contributed by atoms with Gasteiger partial charge in [-0.3, -0.25) is 4.68 Å². The molecule has 0 saturated heterocycles. The Bertz CT molecular complexity index is 562. The highest BCUT2D eigenvalue weighted by molar-refractivity contribution is 5.36. The molecule has 0 N–H and O–H groups in total. The lowest BCUT2D eigenvalue weighted by atomic mass is 9.83. The largest absolute Gasteiger partial charge is 0.255 e. The van der Waals surface area contributed by atoms with Crippen LogP contribution in [0.15, 0.2) is 24.4 Å². The molecule has 0 bridgehead atoms. The van der Waals surface area contributed by atoms with Gasteiger partial charge in [-0.15, -0.1) is 5.10 Å². The third kappa shape index (κ3) is 3.43. The van der Waals surface area contributed by atoms with Crippen molar-refractivity contribution >= 4 is 0 Å². The summed E-state index contributed by atoms with van der Waals surface area (Å²) in [5.74, 6) is 0. The van der Waals surface area contributed by atoms with Gasteiger partial charge in [0.05, 0.1) is 5.69 Å². The Morgan fingerprint density at radius 1 is 1.16 bits per heavy atom. The summed E-state index contributed by atoms with van der Waals surface area (Å²) in [6.45, 7) is 8.98. The van der Waals surface area contributed by atoms with Crippen LogP contribution < -0.4 is 0 Å². The van der Waals surface area contributed by atoms with E-state index in [0.717, 1.165) is 18.5 Å². The molecule has 2 rings (SSSR count). The van der Waals surface area contributed by atoms with Gasteiger partial charge in [-0.1, -0.05) is 44.2 Å². The minimum Gasteiger partial charge on any atom is -0.255 e. The second-order valence-corrected chi connectivity index (χ2v) is 6.28. The average molecular weight is 257 g/mol. The Hall–Kier alpha value is -1.64. The van der Waals surface area contributed by atoms with Crippen molar-refractivity contribution < 1.29 is 0 Å². The van der Waals surface area contributed by atoms with E-state index in [2.05, 4.69) is 56.2 Å². The maximum absolute atomic E-state index is 4.13. The molecule has 0 unspecified atom stereocenters. The van der Waals surface area contributed by atoms with Gasteiger partial charge in [0.1, 0.15) is 0 Å². The summed E-state index contributed by atoms with van der Waals surface area (Å²) < 4.78 is 1.76. The van der Waals surface area contributed by atoms with Gasteiger partial charge in [-0.05, 0) is 41.9 Å². The Balaban J connectivity index is 2.13. The third-order valence-electron chi connectivity index (χ3n) is 3.43. The molecule has 0 aliphatic carbocycles. The predicted octanol–water partition coefficient (Wildman–Crippen LogP) is 3.21. The Kier molecular flexibility index (Phi) is 3.74. The Morgan fingerprint density at radius 3 is 2.47 bits per heavy atom. The van der Waals surface area contributed by atoms with Crippen LogP contribution in [-0.4, -0.2) is 15.0 Å². The van der Waals surface area contributed by atoms with Crippen LogP contribution in [0.4, 0.5) is 0 Å². The highest BCUT2D eigenvalue weighted by Crippen LogP contribution is 2.26. The molecule has 0 fully saturated rings. The first-order chi connectivity index (χ1) is 8.86. The van der Waals surface area contributed by atoms with Crippen LogP contribution in [0.25, 0.3) is 0 Å². The van der Waals surface area contributed by atoms with Crippen LogP contribution in [0.2, 0.25) is 0 Å². The van der Waals surface area contributed by atoms with Gasteiger partial charge < -0.3 is 0 Å². The standard InChI is InChI=1S/C16H23N3/c1-12-6-7-13(10-15(12)16(2,3)4)8-9-14-11-19(5)18-17-14/h6-7,10-11H,8-9H2,1-5H3. The maximum atomic E-state index is 4.13. The molecular weight excluding hydrogens is 234 g/mol. The normalized spacial score (nSPS) is 11.8. The molecule has 3 heteroatoms. The fraction of sp³-hybridized carbons (Fsp3) is 0.500. The van der Waals surface area contributed by atoms with E-state index >= 15 is 0 Å². The second-order valence-electron chi connectivity index (χ2n) is 6.28. The molecular formula is C16H23N3. The van der Waals surface area contributed by atoms with Crippen molar-refractivity contribution in [1.82, 2.24) is 15.0 Å². The highest BCUT2D eigenvalue weighted by atomic mass is 15.4. The molecule has 0 atom stereocenters. The fourth-order valence-corrected chi connectivity index (χ4v) is 2.41. The average Bonchev–Trinajstić information content (AvgIpc) is 2.72. The Morgan fingerprint density at radius 2 is 1.89 bits per heavy atom. The third-order valence-corrected chi connectivity index (χ3v) is 3.43. The van der Waals surface area contributed by atoms with Crippen LogP contribution in [0, 0.1) is 6.92 Å². The van der Waals surface area contributed by atoms with E-state index in [1.165, 1.54) is 16.7 Å². The van der Waals surface area contributed by atoms with E-state index in [1.807, 2.05) is 13.2 Å². The topological polar surface area (TPSA) is 30.7 Å². The lowest BCUT2D eigenvalue weighted by Crippen LogP contribution is -2.13. The van der Waals surface area contributed by atoms with E-state index in [9.17, 15) is 0 Å². The number of aromatic nitrogens is 3. The van der Waals surface area contributed by atoms with Crippen LogP contribution >= 0.6 is 0 Å². The van der Waals surface area contributed by atoms with Crippen molar-refractivity contribution in [2.45, 2.75) is 46.0 Å². The first kappa shape index (κ1) is 13.8. The number of nitrogens with zero attached hydrogens (tertiary/aromatic N) is 3. The molecule has 1 heterocycles. The summed E-state index contributed by atoms with van der Waals surface area (Å²) in [5, 5.41) is 8.10. The van der Waals surface area contributed by atoms with Crippen molar-refractivity contribution in [1.29, 1.82) is 0 Å². The molecule has 102 valence electrons. The predicted molar refractivity (Wildman–Crippen MR) is 78.3 cm³/mol. The summed E-state index contributed by atoms with van der Waals surface area (Å²) in [5.41, 5.74) is 5.44. The molecule has 0 aliphatic heterocycles. The minimum atomic E-state index is 0.201. The summed E-state index contributed by atoms with van der Waals surface area (Å²) in [7, 11) is 1.90. The highest BCUT2D eigenvalue weighted by Gasteiger charge is 2.16. The number of aryl methyl sites for hydroxylation is 4. The van der Waals surface area contributed by atoms with Crippen LogP contribution in [0.3, 0.4) is 0 Å². The zero-order valence-corrected chi connectivity index (χ0v) is 12.6. The maximum Gasteiger partial charge on any atom is 0.0830 e. The van der Waals surface area contributed by atoms with Gasteiger partial charge in [-0.2, -0.15) is 0 Å². The van der Waals surface area contributed by atoms with E-state index in [0.29, 0.717) is 0 Å². The van der Waals surface area contributed by atoms with Crippen molar-refractivity contribution in [3.63, 3.8) is 0 Å². The van der Waals surface area contributed by atoms with Crippen molar-refractivity contribution in [3.8, 4) is 0 Å². The SMILES string of the molecule is Cc1ccc(CCc2cn(C)nn2)cc1C(C)(C)C. The number of benzene rings is 1. The smallest absolute Gasteiger partial charge is 0.0830 e. The summed E-state index contributed by atoms with van der Waals surface area (Å²) >= 11 is 0. The molecule has 0 saturated carbocycles. The Labute approximate surface area is 115 Å². The summed E-state index contributed by atoms with van der Waals surface area (Å²) in [6.07, 6.45) is 3.95. The lowest BCUT2D eigenvalue weighted by Gasteiger charge is -2.22. The van der Waals surface area contributed by atoms with Crippen molar-refractivity contribution in [3.05, 3.63) is 46.8 Å². The molecule has 0 spiro atoms. The first-order valence-corrected chi connectivity index (χ1v) is 6.81. The fourth-order valence-electron chi connectivity index (χ4n) is 2.41. The van der Waals surface area contributed by atoms with Gasteiger partial charge in [-0.25, -0.2) is 0 Å². The number of hydrogen-bond donors (Lipinski definition) is 0. The van der Waals surface area contributed by atoms with Gasteiger partial charge >= 0.3 is 0 Å². The molecule has 19 heavy (non-hydrogen) atoms. The van der Waals surface area contributed by atoms with Gasteiger partial charge in [0.15, 0.2) is 0 Å². The molecule has 0 amide bonds. The molecule has 1 aromatic heterocycles. The van der Waals surface area contributed by atoms with Crippen LogP contribution in [0.5, 0.6) is 0 Å².